The normalized spacial score (nSPS) is 11.6. The fourth-order valence-corrected chi connectivity index (χ4v) is 4.34. The van der Waals surface area contributed by atoms with Crippen molar-refractivity contribution in [2.24, 2.45) is 0 Å². The van der Waals surface area contributed by atoms with Crippen molar-refractivity contribution in [3.8, 4) is 11.3 Å². The fraction of sp³-hybridized carbons (Fsp3) is 0.370. The SMILES string of the molecule is CCCCCCCCc1ccnc(-c2ccc(CC)c3c2oc2ccccc23)c1F. The summed E-state index contributed by atoms with van der Waals surface area (Å²) in [6.07, 6.45) is 10.6. The van der Waals surface area contributed by atoms with Gasteiger partial charge in [0.15, 0.2) is 5.82 Å². The number of para-hydroxylation sites is 1. The van der Waals surface area contributed by atoms with Gasteiger partial charge in [0.1, 0.15) is 16.9 Å². The van der Waals surface area contributed by atoms with Gasteiger partial charge in [0.25, 0.3) is 0 Å². The van der Waals surface area contributed by atoms with Gasteiger partial charge in [0.2, 0.25) is 0 Å². The molecule has 2 aromatic heterocycles. The summed E-state index contributed by atoms with van der Waals surface area (Å²) in [7, 11) is 0. The minimum absolute atomic E-state index is 0.211. The number of unbranched alkanes of at least 4 members (excludes halogenated alkanes) is 5. The van der Waals surface area contributed by atoms with E-state index >= 15 is 4.39 Å². The fourth-order valence-electron chi connectivity index (χ4n) is 4.34. The third-order valence-corrected chi connectivity index (χ3v) is 6.02. The summed E-state index contributed by atoms with van der Waals surface area (Å²) >= 11 is 0. The molecule has 2 aromatic carbocycles. The smallest absolute Gasteiger partial charge is 0.152 e. The van der Waals surface area contributed by atoms with Crippen LogP contribution in [-0.2, 0) is 12.8 Å². The van der Waals surface area contributed by atoms with Crippen LogP contribution in [0.1, 0.15) is 63.5 Å². The minimum atomic E-state index is -0.211. The first-order valence-corrected chi connectivity index (χ1v) is 11.3. The van der Waals surface area contributed by atoms with Crippen LogP contribution in [0.15, 0.2) is 53.1 Å². The number of nitrogens with zero attached hydrogens (tertiary/aromatic N) is 1. The maximum Gasteiger partial charge on any atom is 0.152 e. The highest BCUT2D eigenvalue weighted by molar-refractivity contribution is 6.11. The molecule has 2 heterocycles. The molecule has 156 valence electrons. The van der Waals surface area contributed by atoms with Crippen LogP contribution in [0.2, 0.25) is 0 Å². The lowest BCUT2D eigenvalue weighted by Crippen LogP contribution is -1.98. The molecule has 0 atom stereocenters. The molecule has 0 aliphatic heterocycles. The van der Waals surface area contributed by atoms with Crippen molar-refractivity contribution < 1.29 is 8.81 Å². The highest BCUT2D eigenvalue weighted by Gasteiger charge is 2.19. The molecule has 0 saturated carbocycles. The molecule has 0 radical (unpaired) electrons. The predicted molar refractivity (Wildman–Crippen MR) is 123 cm³/mol. The van der Waals surface area contributed by atoms with Gasteiger partial charge in [-0.15, -0.1) is 0 Å². The maximum atomic E-state index is 15.4. The number of aryl methyl sites for hydroxylation is 2. The Balaban J connectivity index is 1.69. The number of fused-ring (bicyclic) bond motifs is 3. The van der Waals surface area contributed by atoms with Gasteiger partial charge in [-0.1, -0.05) is 70.2 Å². The Hall–Kier alpha value is -2.68. The third-order valence-electron chi connectivity index (χ3n) is 6.02. The van der Waals surface area contributed by atoms with Crippen LogP contribution in [-0.4, -0.2) is 4.98 Å². The highest BCUT2D eigenvalue weighted by Crippen LogP contribution is 2.38. The molecule has 4 aromatic rings. The van der Waals surface area contributed by atoms with Crippen molar-refractivity contribution in [3.63, 3.8) is 0 Å². The van der Waals surface area contributed by atoms with Crippen LogP contribution >= 0.6 is 0 Å². The average Bonchev–Trinajstić information content (AvgIpc) is 3.16. The average molecular weight is 404 g/mol. The van der Waals surface area contributed by atoms with E-state index < -0.39 is 0 Å². The molecule has 0 N–H and O–H groups in total. The van der Waals surface area contributed by atoms with Crippen LogP contribution in [0.4, 0.5) is 4.39 Å². The Bertz CT molecular complexity index is 1140. The Kier molecular flexibility index (Phi) is 6.47. The van der Waals surface area contributed by atoms with Crippen LogP contribution in [0.3, 0.4) is 0 Å². The zero-order chi connectivity index (χ0) is 20.9. The van der Waals surface area contributed by atoms with Crippen LogP contribution in [0.25, 0.3) is 33.2 Å². The summed E-state index contributed by atoms with van der Waals surface area (Å²) in [4.78, 5) is 4.42. The lowest BCUT2D eigenvalue weighted by molar-refractivity contribution is 0.579. The largest absolute Gasteiger partial charge is 0.455 e. The summed E-state index contributed by atoms with van der Waals surface area (Å²) in [6, 6.07) is 13.9. The number of hydrogen-bond donors (Lipinski definition) is 0. The number of benzene rings is 2. The standard InChI is InChI=1S/C27H30FNO/c1-3-5-6-7-8-9-12-20-17-18-29-26(25(20)28)22-16-15-19(4-2)24-21-13-10-11-14-23(21)30-27(22)24/h10-11,13-18H,3-9,12H2,1-2H3. The number of rotatable bonds is 9. The molecule has 0 saturated heterocycles. The van der Waals surface area contributed by atoms with Crippen LogP contribution in [0.5, 0.6) is 0 Å². The zero-order valence-corrected chi connectivity index (χ0v) is 18.0. The van der Waals surface area contributed by atoms with Crippen LogP contribution in [0, 0.1) is 5.82 Å². The molecule has 0 fully saturated rings. The molecule has 0 aliphatic rings. The van der Waals surface area contributed by atoms with E-state index in [0.29, 0.717) is 5.69 Å². The molecular formula is C27H30FNO. The first-order valence-electron chi connectivity index (χ1n) is 11.3. The van der Waals surface area contributed by atoms with Gasteiger partial charge in [0, 0.05) is 22.5 Å². The van der Waals surface area contributed by atoms with Gasteiger partial charge in [0.05, 0.1) is 0 Å². The van der Waals surface area contributed by atoms with E-state index in [1.165, 1.54) is 31.2 Å². The molecule has 2 nitrogen and oxygen atoms in total. The van der Waals surface area contributed by atoms with Crippen molar-refractivity contribution in [1.82, 2.24) is 4.98 Å². The van der Waals surface area contributed by atoms with Crippen molar-refractivity contribution in [1.29, 1.82) is 0 Å². The van der Waals surface area contributed by atoms with Crippen LogP contribution < -0.4 is 0 Å². The monoisotopic (exact) mass is 403 g/mol. The second-order valence-corrected chi connectivity index (χ2v) is 8.08. The van der Waals surface area contributed by atoms with E-state index in [-0.39, 0.29) is 5.82 Å². The zero-order valence-electron chi connectivity index (χ0n) is 18.0. The second kappa shape index (κ2) is 9.42. The Morgan fingerprint density at radius 1 is 0.867 bits per heavy atom. The predicted octanol–water partition coefficient (Wildman–Crippen LogP) is 8.25. The molecule has 4 rings (SSSR count). The van der Waals surface area contributed by atoms with Crippen molar-refractivity contribution >= 4 is 21.9 Å². The van der Waals surface area contributed by atoms with Crippen molar-refractivity contribution in [3.05, 3.63) is 65.6 Å². The molecule has 0 bridgehead atoms. The van der Waals surface area contributed by atoms with Gasteiger partial charge in [-0.3, -0.25) is 4.98 Å². The number of furan rings is 1. The Morgan fingerprint density at radius 3 is 2.50 bits per heavy atom. The lowest BCUT2D eigenvalue weighted by atomic mass is 9.98. The second-order valence-electron chi connectivity index (χ2n) is 8.08. The molecule has 0 aliphatic carbocycles. The van der Waals surface area contributed by atoms with E-state index in [1.54, 1.807) is 6.20 Å². The lowest BCUT2D eigenvalue weighted by Gasteiger charge is -2.10. The first kappa shape index (κ1) is 20.6. The first-order chi connectivity index (χ1) is 14.7. The van der Waals surface area contributed by atoms with Gasteiger partial charge >= 0.3 is 0 Å². The van der Waals surface area contributed by atoms with Gasteiger partial charge in [-0.2, -0.15) is 0 Å². The molecule has 30 heavy (non-hydrogen) atoms. The van der Waals surface area contributed by atoms with Gasteiger partial charge in [-0.25, -0.2) is 4.39 Å². The molecular weight excluding hydrogens is 373 g/mol. The quantitative estimate of drug-likeness (QED) is 0.263. The number of hydrogen-bond acceptors (Lipinski definition) is 2. The summed E-state index contributed by atoms with van der Waals surface area (Å²) in [5, 5.41) is 2.16. The number of halogens is 1. The van der Waals surface area contributed by atoms with Gasteiger partial charge in [-0.05, 0) is 48.6 Å². The van der Waals surface area contributed by atoms with Crippen molar-refractivity contribution in [2.75, 3.05) is 0 Å². The van der Waals surface area contributed by atoms with E-state index in [1.807, 2.05) is 30.3 Å². The van der Waals surface area contributed by atoms with E-state index in [9.17, 15) is 0 Å². The summed E-state index contributed by atoms with van der Waals surface area (Å²) in [5.74, 6) is -0.211. The number of aromatic nitrogens is 1. The third kappa shape index (κ3) is 3.98. The maximum absolute atomic E-state index is 15.4. The molecule has 0 amide bonds. The topological polar surface area (TPSA) is 26.0 Å². The molecule has 0 unspecified atom stereocenters. The summed E-state index contributed by atoms with van der Waals surface area (Å²) < 4.78 is 21.7. The van der Waals surface area contributed by atoms with E-state index in [4.69, 9.17) is 4.42 Å². The van der Waals surface area contributed by atoms with Gasteiger partial charge < -0.3 is 4.42 Å². The Morgan fingerprint density at radius 2 is 1.67 bits per heavy atom. The Labute approximate surface area is 178 Å². The minimum Gasteiger partial charge on any atom is -0.455 e. The summed E-state index contributed by atoms with van der Waals surface area (Å²) in [6.45, 7) is 4.36. The van der Waals surface area contributed by atoms with Crippen molar-refractivity contribution in [2.45, 2.75) is 65.2 Å². The van der Waals surface area contributed by atoms with E-state index in [0.717, 1.165) is 58.7 Å². The summed E-state index contributed by atoms with van der Waals surface area (Å²) in [5.41, 5.74) is 4.66. The van der Waals surface area contributed by atoms with E-state index in [2.05, 4.69) is 31.0 Å². The highest BCUT2D eigenvalue weighted by atomic mass is 19.1. The molecule has 0 spiro atoms. The molecule has 3 heteroatoms. The number of pyridine rings is 1.